The summed E-state index contributed by atoms with van der Waals surface area (Å²) in [6.07, 6.45) is 6.07. The van der Waals surface area contributed by atoms with Crippen molar-refractivity contribution in [2.75, 3.05) is 11.9 Å². The molecule has 0 amide bonds. The highest BCUT2D eigenvalue weighted by molar-refractivity contribution is 7.89. The Morgan fingerprint density at radius 3 is 2.62 bits per heavy atom. The second-order valence-corrected chi connectivity index (χ2v) is 11.9. The number of aryl methyl sites for hydroxylation is 2. The van der Waals surface area contributed by atoms with Crippen LogP contribution in [0.4, 0.5) is 13.9 Å². The van der Waals surface area contributed by atoms with Crippen molar-refractivity contribution in [1.82, 2.24) is 9.71 Å². The number of thiazole rings is 1. The molecule has 3 aromatic rings. The zero-order valence-corrected chi connectivity index (χ0v) is 20.3. The number of anilines is 1. The molecule has 2 aliphatic carbocycles. The second kappa shape index (κ2) is 9.71. The van der Waals surface area contributed by atoms with Crippen LogP contribution in [-0.2, 0) is 22.9 Å². The molecule has 0 bridgehead atoms. The summed E-state index contributed by atoms with van der Waals surface area (Å²) in [5.74, 6) is -0.570. The number of hydrogen-bond acceptors (Lipinski definition) is 5. The van der Waals surface area contributed by atoms with Gasteiger partial charge in [0.05, 0.1) is 5.69 Å². The summed E-state index contributed by atoms with van der Waals surface area (Å²) in [4.78, 5) is 5.69. The van der Waals surface area contributed by atoms with Crippen LogP contribution in [0, 0.1) is 17.6 Å². The molecule has 0 atom stereocenters. The standard InChI is InChI=1S/C25H27F2N3O2S2/c26-18-11-10-17-4-3-6-22-24(20(17)14-18)29-25(33-22)28-15-16-8-12-19(13-9-16)30-34(31,32)23-7-2-1-5-21(23)27/h1-2,5,7,10-11,14,16,19,30H,3-4,6,8-9,12-13,15H2,(H,28,29)/t16-,19-. The fourth-order valence-electron chi connectivity index (χ4n) is 4.90. The molecule has 0 spiro atoms. The van der Waals surface area contributed by atoms with Crippen molar-refractivity contribution in [2.45, 2.75) is 55.9 Å². The lowest BCUT2D eigenvalue weighted by Crippen LogP contribution is -2.38. The van der Waals surface area contributed by atoms with Crippen molar-refractivity contribution in [1.29, 1.82) is 0 Å². The van der Waals surface area contributed by atoms with E-state index in [0.29, 0.717) is 18.8 Å². The van der Waals surface area contributed by atoms with Crippen LogP contribution in [0.2, 0.25) is 0 Å². The zero-order valence-electron chi connectivity index (χ0n) is 18.7. The molecule has 0 aliphatic heterocycles. The van der Waals surface area contributed by atoms with Crippen molar-refractivity contribution >= 4 is 26.5 Å². The first-order chi connectivity index (χ1) is 16.4. The van der Waals surface area contributed by atoms with E-state index in [1.165, 1.54) is 29.1 Å². The monoisotopic (exact) mass is 503 g/mol. The van der Waals surface area contributed by atoms with Crippen LogP contribution < -0.4 is 10.0 Å². The van der Waals surface area contributed by atoms with E-state index in [1.54, 1.807) is 17.4 Å². The number of nitrogens with zero attached hydrogens (tertiary/aromatic N) is 1. The van der Waals surface area contributed by atoms with Gasteiger partial charge in [-0.15, -0.1) is 11.3 Å². The Morgan fingerprint density at radius 1 is 1.03 bits per heavy atom. The zero-order chi connectivity index (χ0) is 23.7. The molecule has 5 nitrogen and oxygen atoms in total. The minimum atomic E-state index is -3.87. The Labute approximate surface area is 202 Å². The van der Waals surface area contributed by atoms with Crippen LogP contribution in [-0.4, -0.2) is 26.0 Å². The molecule has 180 valence electrons. The first kappa shape index (κ1) is 23.4. The fourth-order valence-corrected chi connectivity index (χ4v) is 7.30. The molecule has 5 rings (SSSR count). The summed E-state index contributed by atoms with van der Waals surface area (Å²) in [6.45, 7) is 0.759. The van der Waals surface area contributed by atoms with Gasteiger partial charge in [0.25, 0.3) is 0 Å². The van der Waals surface area contributed by atoms with Gasteiger partial charge in [-0.1, -0.05) is 18.2 Å². The van der Waals surface area contributed by atoms with Gasteiger partial charge in [-0.2, -0.15) is 0 Å². The van der Waals surface area contributed by atoms with Gasteiger partial charge in [-0.25, -0.2) is 26.9 Å². The number of benzene rings is 2. The Bertz CT molecular complexity index is 1290. The molecule has 0 radical (unpaired) electrons. The fraction of sp³-hybridized carbons (Fsp3) is 0.400. The number of sulfonamides is 1. The van der Waals surface area contributed by atoms with Crippen LogP contribution in [0.1, 0.15) is 42.5 Å². The van der Waals surface area contributed by atoms with E-state index in [4.69, 9.17) is 4.98 Å². The average Bonchev–Trinajstić information content (AvgIpc) is 3.15. The number of hydrogen-bond donors (Lipinski definition) is 2. The maximum atomic E-state index is 13.9. The van der Waals surface area contributed by atoms with Crippen LogP contribution >= 0.6 is 11.3 Å². The molecule has 0 unspecified atom stereocenters. The molecule has 1 aromatic heterocycles. The van der Waals surface area contributed by atoms with Crippen molar-refractivity contribution in [3.05, 3.63) is 64.5 Å². The number of rotatable bonds is 6. The summed E-state index contributed by atoms with van der Waals surface area (Å²) in [5, 5.41) is 4.31. The number of halogens is 2. The van der Waals surface area contributed by atoms with Gasteiger partial charge < -0.3 is 5.32 Å². The van der Waals surface area contributed by atoms with E-state index in [1.807, 2.05) is 6.07 Å². The van der Waals surface area contributed by atoms with E-state index in [2.05, 4.69) is 10.0 Å². The average molecular weight is 504 g/mol. The highest BCUT2D eigenvalue weighted by Crippen LogP contribution is 2.38. The molecule has 1 fully saturated rings. The van der Waals surface area contributed by atoms with E-state index in [-0.39, 0.29) is 16.8 Å². The predicted molar refractivity (Wildman–Crippen MR) is 130 cm³/mol. The number of aromatic nitrogens is 1. The SMILES string of the molecule is O=S(=O)(N[C@H]1CC[C@H](CNc2nc3c(s2)CCCc2ccc(F)cc2-3)CC1)c1ccccc1F. The summed E-state index contributed by atoms with van der Waals surface area (Å²) in [7, 11) is -3.87. The molecule has 2 N–H and O–H groups in total. The van der Waals surface area contributed by atoms with Crippen molar-refractivity contribution < 1.29 is 17.2 Å². The lowest BCUT2D eigenvalue weighted by Gasteiger charge is -2.29. The lowest BCUT2D eigenvalue weighted by atomic mass is 9.86. The van der Waals surface area contributed by atoms with Crippen LogP contribution in [0.5, 0.6) is 0 Å². The van der Waals surface area contributed by atoms with E-state index in [9.17, 15) is 17.2 Å². The van der Waals surface area contributed by atoms with E-state index in [0.717, 1.165) is 66.7 Å². The maximum Gasteiger partial charge on any atom is 0.243 e. The smallest absolute Gasteiger partial charge is 0.243 e. The maximum absolute atomic E-state index is 13.9. The predicted octanol–water partition coefficient (Wildman–Crippen LogP) is 5.53. The molecule has 34 heavy (non-hydrogen) atoms. The first-order valence-electron chi connectivity index (χ1n) is 11.7. The van der Waals surface area contributed by atoms with Gasteiger partial charge >= 0.3 is 0 Å². The third-order valence-electron chi connectivity index (χ3n) is 6.71. The highest BCUT2D eigenvalue weighted by Gasteiger charge is 2.27. The summed E-state index contributed by atoms with van der Waals surface area (Å²) in [5.41, 5.74) is 2.94. The normalized spacial score (nSPS) is 20.3. The first-order valence-corrected chi connectivity index (χ1v) is 14.0. The van der Waals surface area contributed by atoms with E-state index < -0.39 is 15.8 Å². The van der Waals surface area contributed by atoms with Gasteiger partial charge in [0.15, 0.2) is 5.13 Å². The van der Waals surface area contributed by atoms with Gasteiger partial charge in [-0.3, -0.25) is 0 Å². The van der Waals surface area contributed by atoms with Crippen molar-refractivity contribution in [2.24, 2.45) is 5.92 Å². The topological polar surface area (TPSA) is 71.1 Å². The second-order valence-electron chi connectivity index (χ2n) is 9.10. The molecule has 1 heterocycles. The molecule has 1 saturated carbocycles. The minimum absolute atomic E-state index is 0.191. The largest absolute Gasteiger partial charge is 0.361 e. The summed E-state index contributed by atoms with van der Waals surface area (Å²) in [6, 6.07) is 10.2. The molecule has 2 aliphatic rings. The van der Waals surface area contributed by atoms with E-state index >= 15 is 0 Å². The van der Waals surface area contributed by atoms with Gasteiger partial charge in [0.2, 0.25) is 10.0 Å². The van der Waals surface area contributed by atoms with Gasteiger partial charge in [0, 0.05) is 23.0 Å². The van der Waals surface area contributed by atoms with Crippen LogP contribution in [0.3, 0.4) is 0 Å². The van der Waals surface area contributed by atoms with Crippen molar-refractivity contribution in [3.8, 4) is 11.3 Å². The number of nitrogens with one attached hydrogen (secondary N) is 2. The summed E-state index contributed by atoms with van der Waals surface area (Å²) < 4.78 is 55.6. The Morgan fingerprint density at radius 2 is 1.82 bits per heavy atom. The third-order valence-corrected chi connectivity index (χ3v) is 9.34. The Hall–Kier alpha value is -2.36. The molecular weight excluding hydrogens is 476 g/mol. The quantitative estimate of drug-likeness (QED) is 0.464. The highest BCUT2D eigenvalue weighted by atomic mass is 32.2. The third kappa shape index (κ3) is 5.01. The molecule has 2 aromatic carbocycles. The lowest BCUT2D eigenvalue weighted by molar-refractivity contribution is 0.324. The van der Waals surface area contributed by atoms with Crippen molar-refractivity contribution in [3.63, 3.8) is 0 Å². The number of fused-ring (bicyclic) bond motifs is 3. The molecular formula is C25H27F2N3O2S2. The summed E-state index contributed by atoms with van der Waals surface area (Å²) >= 11 is 1.64. The molecule has 9 heteroatoms. The van der Waals surface area contributed by atoms with Crippen LogP contribution in [0.15, 0.2) is 47.4 Å². The van der Waals surface area contributed by atoms with Gasteiger partial charge in [0.1, 0.15) is 16.5 Å². The molecule has 0 saturated heterocycles. The minimum Gasteiger partial charge on any atom is -0.361 e. The Kier molecular flexibility index (Phi) is 6.68. The van der Waals surface area contributed by atoms with Crippen LogP contribution in [0.25, 0.3) is 11.3 Å². The van der Waals surface area contributed by atoms with Gasteiger partial charge in [-0.05, 0) is 80.7 Å². The Balaban J connectivity index is 1.17.